The SMILES string of the molecule is CCNC(=O)c1ccc(N)cc1NC(C)c1ncc(C)o1. The van der Waals surface area contributed by atoms with Crippen molar-refractivity contribution in [3.8, 4) is 0 Å². The number of hydrogen-bond donors (Lipinski definition) is 3. The first-order valence-corrected chi connectivity index (χ1v) is 6.87. The van der Waals surface area contributed by atoms with Crippen LogP contribution in [0.3, 0.4) is 0 Å². The van der Waals surface area contributed by atoms with Crippen molar-refractivity contribution in [3.63, 3.8) is 0 Å². The molecule has 0 bridgehead atoms. The first kappa shape index (κ1) is 14.9. The van der Waals surface area contributed by atoms with Gasteiger partial charge in [0.25, 0.3) is 5.91 Å². The number of amides is 1. The standard InChI is InChI=1S/C15H20N4O2/c1-4-17-14(20)12-6-5-11(16)7-13(12)19-10(3)15-18-8-9(2)21-15/h5-8,10,19H,4,16H2,1-3H3,(H,17,20). The highest BCUT2D eigenvalue weighted by Crippen LogP contribution is 2.24. The Bertz CT molecular complexity index is 636. The van der Waals surface area contributed by atoms with E-state index in [2.05, 4.69) is 15.6 Å². The van der Waals surface area contributed by atoms with Crippen molar-refractivity contribution in [1.82, 2.24) is 10.3 Å². The summed E-state index contributed by atoms with van der Waals surface area (Å²) >= 11 is 0. The van der Waals surface area contributed by atoms with Crippen molar-refractivity contribution >= 4 is 17.3 Å². The van der Waals surface area contributed by atoms with E-state index < -0.39 is 0 Å². The smallest absolute Gasteiger partial charge is 0.253 e. The molecule has 0 aliphatic rings. The summed E-state index contributed by atoms with van der Waals surface area (Å²) in [6, 6.07) is 4.97. The van der Waals surface area contributed by atoms with Crippen LogP contribution >= 0.6 is 0 Å². The molecule has 0 aliphatic heterocycles. The molecule has 0 saturated heterocycles. The first-order chi connectivity index (χ1) is 10.0. The fourth-order valence-corrected chi connectivity index (χ4v) is 2.00. The van der Waals surface area contributed by atoms with Crippen LogP contribution in [0.5, 0.6) is 0 Å². The van der Waals surface area contributed by atoms with Crippen molar-refractivity contribution in [2.75, 3.05) is 17.6 Å². The lowest BCUT2D eigenvalue weighted by Gasteiger charge is -2.16. The van der Waals surface area contributed by atoms with Crippen LogP contribution in [-0.2, 0) is 0 Å². The molecule has 112 valence electrons. The summed E-state index contributed by atoms with van der Waals surface area (Å²) in [5.41, 5.74) is 7.59. The van der Waals surface area contributed by atoms with E-state index in [-0.39, 0.29) is 11.9 Å². The van der Waals surface area contributed by atoms with Crippen molar-refractivity contribution in [1.29, 1.82) is 0 Å². The molecule has 6 nitrogen and oxygen atoms in total. The fraction of sp³-hybridized carbons (Fsp3) is 0.333. The highest BCUT2D eigenvalue weighted by atomic mass is 16.4. The van der Waals surface area contributed by atoms with Crippen LogP contribution in [0.15, 0.2) is 28.8 Å². The molecular formula is C15H20N4O2. The van der Waals surface area contributed by atoms with E-state index in [9.17, 15) is 4.79 Å². The van der Waals surface area contributed by atoms with Gasteiger partial charge in [0.2, 0.25) is 5.89 Å². The predicted octanol–water partition coefficient (Wildman–Crippen LogP) is 2.49. The van der Waals surface area contributed by atoms with Gasteiger partial charge in [-0.1, -0.05) is 0 Å². The zero-order valence-electron chi connectivity index (χ0n) is 12.4. The van der Waals surface area contributed by atoms with E-state index in [4.69, 9.17) is 10.2 Å². The van der Waals surface area contributed by atoms with Gasteiger partial charge in [0.05, 0.1) is 11.8 Å². The Hall–Kier alpha value is -2.50. The Morgan fingerprint density at radius 2 is 2.24 bits per heavy atom. The molecule has 1 heterocycles. The zero-order chi connectivity index (χ0) is 15.4. The number of anilines is 2. The monoisotopic (exact) mass is 288 g/mol. The van der Waals surface area contributed by atoms with Gasteiger partial charge in [-0.25, -0.2) is 4.98 Å². The molecule has 0 spiro atoms. The van der Waals surface area contributed by atoms with Crippen LogP contribution in [0.25, 0.3) is 0 Å². The lowest BCUT2D eigenvalue weighted by atomic mass is 10.1. The summed E-state index contributed by atoms with van der Waals surface area (Å²) in [4.78, 5) is 16.3. The molecule has 0 radical (unpaired) electrons. The van der Waals surface area contributed by atoms with E-state index in [1.807, 2.05) is 20.8 Å². The minimum atomic E-state index is -0.173. The van der Waals surface area contributed by atoms with Crippen molar-refractivity contribution in [2.45, 2.75) is 26.8 Å². The van der Waals surface area contributed by atoms with Gasteiger partial charge in [0, 0.05) is 17.9 Å². The second-order valence-corrected chi connectivity index (χ2v) is 4.84. The topological polar surface area (TPSA) is 93.2 Å². The fourth-order valence-electron chi connectivity index (χ4n) is 2.00. The number of hydrogen-bond acceptors (Lipinski definition) is 5. The second-order valence-electron chi connectivity index (χ2n) is 4.84. The van der Waals surface area contributed by atoms with Gasteiger partial charge in [-0.3, -0.25) is 4.79 Å². The summed E-state index contributed by atoms with van der Waals surface area (Å²) in [5, 5.41) is 6.00. The average Bonchev–Trinajstić information content (AvgIpc) is 2.86. The molecule has 1 amide bonds. The maximum absolute atomic E-state index is 12.1. The van der Waals surface area contributed by atoms with Crippen LogP contribution in [0.2, 0.25) is 0 Å². The molecule has 1 aromatic carbocycles. The number of aryl methyl sites for hydroxylation is 1. The number of aromatic nitrogens is 1. The minimum Gasteiger partial charge on any atom is -0.444 e. The number of nitrogens with zero attached hydrogens (tertiary/aromatic N) is 1. The predicted molar refractivity (Wildman–Crippen MR) is 82.1 cm³/mol. The van der Waals surface area contributed by atoms with E-state index in [1.54, 1.807) is 24.4 Å². The number of nitrogens with two attached hydrogens (primary N) is 1. The Morgan fingerprint density at radius 1 is 1.48 bits per heavy atom. The van der Waals surface area contributed by atoms with Gasteiger partial charge in [-0.05, 0) is 39.0 Å². The summed E-state index contributed by atoms with van der Waals surface area (Å²) in [5.74, 6) is 1.17. The highest BCUT2D eigenvalue weighted by molar-refractivity contribution is 6.00. The Labute approximate surface area is 123 Å². The third-order valence-corrected chi connectivity index (χ3v) is 3.01. The molecule has 1 aromatic heterocycles. The molecule has 1 atom stereocenters. The van der Waals surface area contributed by atoms with Gasteiger partial charge in [-0.15, -0.1) is 0 Å². The summed E-state index contributed by atoms with van der Waals surface area (Å²) in [7, 11) is 0. The highest BCUT2D eigenvalue weighted by Gasteiger charge is 2.16. The largest absolute Gasteiger partial charge is 0.444 e. The molecule has 2 rings (SSSR count). The molecule has 0 fully saturated rings. The number of oxazole rings is 1. The number of rotatable bonds is 5. The average molecular weight is 288 g/mol. The van der Waals surface area contributed by atoms with Gasteiger partial charge < -0.3 is 20.8 Å². The van der Waals surface area contributed by atoms with Crippen molar-refractivity contribution < 1.29 is 9.21 Å². The number of carbonyl (C=O) groups is 1. The van der Waals surface area contributed by atoms with Crippen LogP contribution in [0.4, 0.5) is 11.4 Å². The van der Waals surface area contributed by atoms with Gasteiger partial charge in [0.15, 0.2) is 0 Å². The molecule has 21 heavy (non-hydrogen) atoms. The minimum absolute atomic E-state index is 0.143. The number of benzene rings is 1. The third kappa shape index (κ3) is 3.53. The third-order valence-electron chi connectivity index (χ3n) is 3.01. The van der Waals surface area contributed by atoms with Crippen LogP contribution in [-0.4, -0.2) is 17.4 Å². The second kappa shape index (κ2) is 6.30. The maximum atomic E-state index is 12.1. The molecule has 0 aliphatic carbocycles. The first-order valence-electron chi connectivity index (χ1n) is 6.87. The van der Waals surface area contributed by atoms with Crippen molar-refractivity contribution in [3.05, 3.63) is 41.6 Å². The normalized spacial score (nSPS) is 12.0. The van der Waals surface area contributed by atoms with Crippen molar-refractivity contribution in [2.24, 2.45) is 0 Å². The molecule has 4 N–H and O–H groups in total. The van der Waals surface area contributed by atoms with Crippen LogP contribution < -0.4 is 16.4 Å². The van der Waals surface area contributed by atoms with Crippen LogP contribution in [0.1, 0.15) is 41.9 Å². The van der Waals surface area contributed by atoms with Gasteiger partial charge in [0.1, 0.15) is 11.8 Å². The molecule has 0 saturated carbocycles. The van der Waals surface area contributed by atoms with Gasteiger partial charge >= 0.3 is 0 Å². The van der Waals surface area contributed by atoms with E-state index in [0.29, 0.717) is 29.4 Å². The molecule has 1 unspecified atom stereocenters. The zero-order valence-corrected chi connectivity index (χ0v) is 12.4. The Morgan fingerprint density at radius 3 is 2.86 bits per heavy atom. The number of carbonyl (C=O) groups excluding carboxylic acids is 1. The van der Waals surface area contributed by atoms with E-state index in [0.717, 1.165) is 5.76 Å². The lowest BCUT2D eigenvalue weighted by Crippen LogP contribution is -2.24. The summed E-state index contributed by atoms with van der Waals surface area (Å²) in [6.07, 6.45) is 1.66. The Kier molecular flexibility index (Phi) is 4.47. The summed E-state index contributed by atoms with van der Waals surface area (Å²) < 4.78 is 5.49. The number of nitrogens with one attached hydrogen (secondary N) is 2. The summed E-state index contributed by atoms with van der Waals surface area (Å²) in [6.45, 7) is 6.19. The van der Waals surface area contributed by atoms with Gasteiger partial charge in [-0.2, -0.15) is 0 Å². The Balaban J connectivity index is 2.25. The molecular weight excluding hydrogens is 268 g/mol. The van der Waals surface area contributed by atoms with E-state index in [1.165, 1.54) is 0 Å². The van der Waals surface area contributed by atoms with E-state index >= 15 is 0 Å². The maximum Gasteiger partial charge on any atom is 0.253 e. The molecule has 6 heteroatoms. The molecule has 2 aromatic rings. The lowest BCUT2D eigenvalue weighted by molar-refractivity contribution is 0.0956. The quantitative estimate of drug-likeness (QED) is 0.735. The number of nitrogen functional groups attached to an aromatic ring is 1. The van der Waals surface area contributed by atoms with Crippen LogP contribution in [0, 0.1) is 6.92 Å².